The summed E-state index contributed by atoms with van der Waals surface area (Å²) in [6, 6.07) is 12.6. The largest absolute Gasteiger partial charge is 0.339 e. The van der Waals surface area contributed by atoms with E-state index in [1.54, 1.807) is 11.3 Å². The molecule has 26 heavy (non-hydrogen) atoms. The number of halogens is 1. The number of benzene rings is 1. The van der Waals surface area contributed by atoms with Gasteiger partial charge in [0.1, 0.15) is 0 Å². The number of piperazine rings is 1. The highest BCUT2D eigenvalue weighted by molar-refractivity contribution is 9.10. The number of likely N-dealkylation sites (N-methyl/N-ethyl adjacent to an activating group) is 1. The molecule has 2 aromatic rings. The minimum atomic E-state index is -0.100. The van der Waals surface area contributed by atoms with Crippen molar-refractivity contribution in [3.05, 3.63) is 56.7 Å². The molecule has 0 saturated carbocycles. The predicted octanol–water partition coefficient (Wildman–Crippen LogP) is 3.68. The summed E-state index contributed by atoms with van der Waals surface area (Å²) in [6.45, 7) is 7.29. The number of carbonyl (C=O) groups excluding carboxylic acids is 1. The maximum atomic E-state index is 12.9. The maximum Gasteiger partial charge on any atom is 0.239 e. The summed E-state index contributed by atoms with van der Waals surface area (Å²) in [6.07, 6.45) is 0. The molecule has 6 heteroatoms. The van der Waals surface area contributed by atoms with E-state index in [2.05, 4.69) is 61.4 Å². The van der Waals surface area contributed by atoms with E-state index in [0.717, 1.165) is 43.7 Å². The lowest BCUT2D eigenvalue weighted by Crippen LogP contribution is -2.53. The van der Waals surface area contributed by atoms with E-state index in [1.807, 2.05) is 24.9 Å². The number of carbonyl (C=O) groups is 1. The molecule has 0 bridgehead atoms. The summed E-state index contributed by atoms with van der Waals surface area (Å²) in [4.78, 5) is 20.7. The Morgan fingerprint density at radius 1 is 1.23 bits per heavy atom. The van der Waals surface area contributed by atoms with Crippen molar-refractivity contribution >= 4 is 33.2 Å². The van der Waals surface area contributed by atoms with Crippen molar-refractivity contribution in [3.8, 4) is 0 Å². The monoisotopic (exact) mass is 435 g/mol. The summed E-state index contributed by atoms with van der Waals surface area (Å²) in [5, 5.41) is 2.08. The fourth-order valence-electron chi connectivity index (χ4n) is 3.24. The first-order chi connectivity index (χ1) is 12.5. The van der Waals surface area contributed by atoms with Gasteiger partial charge in [0.15, 0.2) is 0 Å². The lowest BCUT2D eigenvalue weighted by Gasteiger charge is -2.37. The standard InChI is InChI=1S/C20H26BrN3OS/c1-16(22(2)14-19-12-18(21)15-26-19)20(25)24-10-8-23(9-11-24)13-17-6-4-3-5-7-17/h3-7,12,15-16H,8-11,13-14H2,1-2H3. The number of hydrogen-bond acceptors (Lipinski definition) is 4. The molecular formula is C20H26BrN3OS. The molecule has 1 fully saturated rings. The summed E-state index contributed by atoms with van der Waals surface area (Å²) in [5.41, 5.74) is 1.34. The quantitative estimate of drug-likeness (QED) is 0.692. The zero-order valence-corrected chi connectivity index (χ0v) is 17.8. The molecule has 1 aromatic carbocycles. The van der Waals surface area contributed by atoms with Gasteiger partial charge in [-0.25, -0.2) is 0 Å². The van der Waals surface area contributed by atoms with E-state index in [4.69, 9.17) is 0 Å². The van der Waals surface area contributed by atoms with Crippen LogP contribution < -0.4 is 0 Å². The number of thiophene rings is 1. The Kier molecular flexibility index (Phi) is 6.86. The number of hydrogen-bond donors (Lipinski definition) is 0. The van der Waals surface area contributed by atoms with Crippen molar-refractivity contribution in [2.45, 2.75) is 26.1 Å². The Labute approximate surface area is 168 Å². The summed E-state index contributed by atoms with van der Waals surface area (Å²) < 4.78 is 1.11. The van der Waals surface area contributed by atoms with Crippen LogP contribution in [0, 0.1) is 0 Å². The van der Waals surface area contributed by atoms with Crippen LogP contribution in [0.2, 0.25) is 0 Å². The smallest absolute Gasteiger partial charge is 0.239 e. The van der Waals surface area contributed by atoms with Crippen LogP contribution in [0.4, 0.5) is 0 Å². The van der Waals surface area contributed by atoms with Gasteiger partial charge in [0, 0.05) is 54.0 Å². The van der Waals surface area contributed by atoms with Crippen molar-refractivity contribution in [3.63, 3.8) is 0 Å². The molecule has 0 radical (unpaired) electrons. The normalized spacial score (nSPS) is 16.8. The molecule has 140 valence electrons. The molecule has 0 N–H and O–H groups in total. The van der Waals surface area contributed by atoms with Crippen LogP contribution in [0.15, 0.2) is 46.3 Å². The maximum absolute atomic E-state index is 12.9. The molecule has 0 spiro atoms. The second-order valence-electron chi connectivity index (χ2n) is 6.91. The Bertz CT molecular complexity index is 713. The highest BCUT2D eigenvalue weighted by atomic mass is 79.9. The molecule has 1 saturated heterocycles. The third-order valence-electron chi connectivity index (χ3n) is 4.98. The van der Waals surface area contributed by atoms with E-state index < -0.39 is 0 Å². The van der Waals surface area contributed by atoms with Crippen molar-refractivity contribution in [2.24, 2.45) is 0 Å². The molecule has 1 aliphatic heterocycles. The topological polar surface area (TPSA) is 26.8 Å². The third-order valence-corrected chi connectivity index (χ3v) is 6.66. The third kappa shape index (κ3) is 5.16. The van der Waals surface area contributed by atoms with Crippen LogP contribution in [0.1, 0.15) is 17.4 Å². The Morgan fingerprint density at radius 3 is 2.54 bits per heavy atom. The minimum absolute atomic E-state index is 0.100. The molecule has 4 nitrogen and oxygen atoms in total. The zero-order valence-electron chi connectivity index (χ0n) is 15.4. The summed E-state index contributed by atoms with van der Waals surface area (Å²) in [7, 11) is 2.03. The lowest BCUT2D eigenvalue weighted by molar-refractivity contribution is -0.138. The minimum Gasteiger partial charge on any atom is -0.339 e. The van der Waals surface area contributed by atoms with Crippen LogP contribution >= 0.6 is 27.3 Å². The second kappa shape index (κ2) is 9.13. The fraction of sp³-hybridized carbons (Fsp3) is 0.450. The Balaban J connectivity index is 1.47. The van der Waals surface area contributed by atoms with Gasteiger partial charge in [-0.2, -0.15) is 0 Å². The highest BCUT2D eigenvalue weighted by Gasteiger charge is 2.27. The number of nitrogens with zero attached hydrogens (tertiary/aromatic N) is 3. The molecule has 1 amide bonds. The first-order valence-electron chi connectivity index (χ1n) is 9.01. The average molecular weight is 436 g/mol. The van der Waals surface area contributed by atoms with Crippen LogP contribution in [-0.4, -0.2) is 59.9 Å². The molecule has 1 atom stereocenters. The lowest BCUT2D eigenvalue weighted by atomic mass is 10.2. The van der Waals surface area contributed by atoms with Crippen LogP contribution in [0.25, 0.3) is 0 Å². The molecule has 1 aromatic heterocycles. The molecule has 0 aliphatic carbocycles. The van der Waals surface area contributed by atoms with E-state index in [1.165, 1.54) is 10.4 Å². The van der Waals surface area contributed by atoms with Crippen LogP contribution in [0.3, 0.4) is 0 Å². The van der Waals surface area contributed by atoms with E-state index in [-0.39, 0.29) is 11.9 Å². The van der Waals surface area contributed by atoms with Gasteiger partial charge in [-0.15, -0.1) is 11.3 Å². The van der Waals surface area contributed by atoms with Gasteiger partial charge in [-0.1, -0.05) is 30.3 Å². The van der Waals surface area contributed by atoms with Crippen molar-refractivity contribution in [1.82, 2.24) is 14.7 Å². The second-order valence-corrected chi connectivity index (χ2v) is 8.82. The fourth-order valence-corrected chi connectivity index (χ4v) is 4.75. The molecular weight excluding hydrogens is 410 g/mol. The van der Waals surface area contributed by atoms with Gasteiger partial charge in [0.05, 0.1) is 6.04 Å². The Morgan fingerprint density at radius 2 is 1.92 bits per heavy atom. The van der Waals surface area contributed by atoms with Crippen molar-refractivity contribution in [1.29, 1.82) is 0 Å². The number of rotatable bonds is 6. The summed E-state index contributed by atoms with van der Waals surface area (Å²) >= 11 is 5.22. The van der Waals surface area contributed by atoms with Gasteiger partial charge >= 0.3 is 0 Å². The Hall–Kier alpha value is -1.21. The first-order valence-corrected chi connectivity index (χ1v) is 10.7. The predicted molar refractivity (Wildman–Crippen MR) is 111 cm³/mol. The molecule has 2 heterocycles. The SMILES string of the molecule is CC(C(=O)N1CCN(Cc2ccccc2)CC1)N(C)Cc1cc(Br)cs1. The van der Waals surface area contributed by atoms with Crippen LogP contribution in [0.5, 0.6) is 0 Å². The van der Waals surface area contributed by atoms with Gasteiger partial charge in [-0.3, -0.25) is 14.6 Å². The zero-order chi connectivity index (χ0) is 18.5. The summed E-state index contributed by atoms with van der Waals surface area (Å²) in [5.74, 6) is 0.238. The molecule has 3 rings (SSSR count). The van der Waals surface area contributed by atoms with Crippen LogP contribution in [-0.2, 0) is 17.9 Å². The van der Waals surface area contributed by atoms with E-state index in [0.29, 0.717) is 0 Å². The molecule has 1 unspecified atom stereocenters. The van der Waals surface area contributed by atoms with E-state index in [9.17, 15) is 4.79 Å². The molecule has 1 aliphatic rings. The highest BCUT2D eigenvalue weighted by Crippen LogP contribution is 2.21. The van der Waals surface area contributed by atoms with Gasteiger partial charge in [0.2, 0.25) is 5.91 Å². The first kappa shape index (κ1) is 19.5. The van der Waals surface area contributed by atoms with Gasteiger partial charge in [-0.05, 0) is 41.5 Å². The number of amides is 1. The van der Waals surface area contributed by atoms with E-state index >= 15 is 0 Å². The van der Waals surface area contributed by atoms with Crippen molar-refractivity contribution in [2.75, 3.05) is 33.2 Å². The average Bonchev–Trinajstić information content (AvgIpc) is 3.06. The van der Waals surface area contributed by atoms with Gasteiger partial charge in [0.25, 0.3) is 0 Å². The van der Waals surface area contributed by atoms with Gasteiger partial charge < -0.3 is 4.90 Å². The van der Waals surface area contributed by atoms with Crippen molar-refractivity contribution < 1.29 is 4.79 Å².